The summed E-state index contributed by atoms with van der Waals surface area (Å²) in [5, 5.41) is 12.8. The molecule has 1 unspecified atom stereocenters. The maximum atomic E-state index is 11.4. The van der Waals surface area contributed by atoms with Crippen molar-refractivity contribution >= 4 is 9.84 Å². The van der Waals surface area contributed by atoms with Gasteiger partial charge in [-0.15, -0.1) is 0 Å². The molecular formula is C12H21N3O2S. The Morgan fingerprint density at radius 3 is 2.44 bits per heavy atom. The molecule has 2 aliphatic rings. The smallest absolute Gasteiger partial charge is 0.152 e. The number of nitrogens with zero attached hydrogens (tertiary/aromatic N) is 2. The van der Waals surface area contributed by atoms with E-state index >= 15 is 0 Å². The standard InChI is InChI=1S/C12H21N3O2S/c1-2-14-12(9-13,11-3-4-11)10-15-5-7-18(16,17)8-6-15/h11,14H,2-8,10H2,1H3. The lowest BCUT2D eigenvalue weighted by molar-refractivity contribution is 0.209. The third-order valence-electron chi connectivity index (χ3n) is 3.88. The molecule has 18 heavy (non-hydrogen) atoms. The summed E-state index contributed by atoms with van der Waals surface area (Å²) in [6.07, 6.45) is 2.21. The topological polar surface area (TPSA) is 73.2 Å². The lowest BCUT2D eigenvalue weighted by atomic mass is 9.94. The van der Waals surface area contributed by atoms with Gasteiger partial charge in [-0.05, 0) is 25.3 Å². The molecule has 2 rings (SSSR count). The Morgan fingerprint density at radius 1 is 1.39 bits per heavy atom. The second kappa shape index (κ2) is 5.16. The molecule has 0 bridgehead atoms. The van der Waals surface area contributed by atoms with E-state index in [9.17, 15) is 13.7 Å². The molecule has 1 aliphatic heterocycles. The fourth-order valence-corrected chi connectivity index (χ4v) is 3.93. The van der Waals surface area contributed by atoms with Crippen molar-refractivity contribution in [2.24, 2.45) is 5.92 Å². The predicted octanol–water partition coefficient (Wildman–Crippen LogP) is -0.00132. The Labute approximate surface area is 109 Å². The number of likely N-dealkylation sites (N-methyl/N-ethyl adjacent to an activating group) is 1. The molecule has 1 heterocycles. The molecule has 2 fully saturated rings. The zero-order valence-electron chi connectivity index (χ0n) is 10.9. The van der Waals surface area contributed by atoms with Gasteiger partial charge >= 0.3 is 0 Å². The number of sulfone groups is 1. The zero-order chi connectivity index (χ0) is 13.2. The van der Waals surface area contributed by atoms with Gasteiger partial charge in [-0.3, -0.25) is 10.2 Å². The minimum atomic E-state index is -2.84. The molecule has 0 aromatic heterocycles. The van der Waals surface area contributed by atoms with Crippen LogP contribution in [-0.4, -0.2) is 56.5 Å². The van der Waals surface area contributed by atoms with Crippen LogP contribution in [0, 0.1) is 17.2 Å². The first-order chi connectivity index (χ1) is 8.51. The van der Waals surface area contributed by atoms with Crippen molar-refractivity contribution < 1.29 is 8.42 Å². The Bertz CT molecular complexity index is 425. The lowest BCUT2D eigenvalue weighted by Crippen LogP contribution is -2.56. The summed E-state index contributed by atoms with van der Waals surface area (Å²) < 4.78 is 22.8. The lowest BCUT2D eigenvalue weighted by Gasteiger charge is -2.35. The highest BCUT2D eigenvalue weighted by atomic mass is 32.2. The van der Waals surface area contributed by atoms with E-state index < -0.39 is 15.4 Å². The van der Waals surface area contributed by atoms with Gasteiger partial charge in [-0.2, -0.15) is 5.26 Å². The number of nitrogens with one attached hydrogen (secondary N) is 1. The molecule has 102 valence electrons. The van der Waals surface area contributed by atoms with E-state index in [0.29, 0.717) is 25.6 Å². The van der Waals surface area contributed by atoms with Crippen LogP contribution in [0.15, 0.2) is 0 Å². The van der Waals surface area contributed by atoms with Crippen molar-refractivity contribution in [3.05, 3.63) is 0 Å². The van der Waals surface area contributed by atoms with Crippen LogP contribution < -0.4 is 5.32 Å². The van der Waals surface area contributed by atoms with Crippen LogP contribution in [0.3, 0.4) is 0 Å². The highest BCUT2D eigenvalue weighted by molar-refractivity contribution is 7.91. The van der Waals surface area contributed by atoms with Crippen molar-refractivity contribution in [2.75, 3.05) is 37.7 Å². The van der Waals surface area contributed by atoms with Crippen LogP contribution in [0.1, 0.15) is 19.8 Å². The van der Waals surface area contributed by atoms with Gasteiger partial charge in [-0.1, -0.05) is 6.92 Å². The third kappa shape index (κ3) is 3.02. The monoisotopic (exact) mass is 271 g/mol. The molecule has 1 saturated carbocycles. The molecule has 1 atom stereocenters. The zero-order valence-corrected chi connectivity index (χ0v) is 11.7. The molecule has 0 aromatic rings. The number of hydrogen-bond donors (Lipinski definition) is 1. The summed E-state index contributed by atoms with van der Waals surface area (Å²) >= 11 is 0. The molecule has 6 heteroatoms. The summed E-state index contributed by atoms with van der Waals surface area (Å²) in [6, 6.07) is 2.44. The van der Waals surface area contributed by atoms with Crippen LogP contribution >= 0.6 is 0 Å². The number of hydrogen-bond acceptors (Lipinski definition) is 5. The van der Waals surface area contributed by atoms with Gasteiger partial charge in [0.15, 0.2) is 9.84 Å². The molecule has 0 radical (unpaired) electrons. The highest BCUT2D eigenvalue weighted by Gasteiger charge is 2.46. The molecule has 0 amide bonds. The summed E-state index contributed by atoms with van der Waals surface area (Å²) in [7, 11) is -2.84. The van der Waals surface area contributed by atoms with Gasteiger partial charge in [-0.25, -0.2) is 8.42 Å². The average Bonchev–Trinajstić information content (AvgIpc) is 3.15. The molecule has 1 N–H and O–H groups in total. The van der Waals surface area contributed by atoms with Gasteiger partial charge in [0.2, 0.25) is 0 Å². The second-order valence-corrected chi connectivity index (χ2v) is 7.62. The quantitative estimate of drug-likeness (QED) is 0.762. The molecule has 1 saturated heterocycles. The van der Waals surface area contributed by atoms with Crippen molar-refractivity contribution in [1.82, 2.24) is 10.2 Å². The predicted molar refractivity (Wildman–Crippen MR) is 69.8 cm³/mol. The highest BCUT2D eigenvalue weighted by Crippen LogP contribution is 2.40. The summed E-state index contributed by atoms with van der Waals surface area (Å²) in [5.41, 5.74) is -0.476. The molecule has 5 nitrogen and oxygen atoms in total. The summed E-state index contributed by atoms with van der Waals surface area (Å²) in [4.78, 5) is 2.12. The summed E-state index contributed by atoms with van der Waals surface area (Å²) in [5.74, 6) is 0.886. The van der Waals surface area contributed by atoms with Gasteiger partial charge in [0.25, 0.3) is 0 Å². The molecular weight excluding hydrogens is 250 g/mol. The van der Waals surface area contributed by atoms with Crippen LogP contribution in [0.5, 0.6) is 0 Å². The Balaban J connectivity index is 2.00. The maximum Gasteiger partial charge on any atom is 0.152 e. The maximum absolute atomic E-state index is 11.4. The van der Waals surface area contributed by atoms with Crippen molar-refractivity contribution in [3.8, 4) is 6.07 Å². The third-order valence-corrected chi connectivity index (χ3v) is 5.49. The Morgan fingerprint density at radius 2 is 2.00 bits per heavy atom. The van der Waals surface area contributed by atoms with E-state index in [4.69, 9.17) is 0 Å². The van der Waals surface area contributed by atoms with Crippen LogP contribution in [0.4, 0.5) is 0 Å². The first-order valence-corrected chi connectivity index (χ1v) is 8.42. The van der Waals surface area contributed by atoms with Crippen LogP contribution in [0.2, 0.25) is 0 Å². The van der Waals surface area contributed by atoms with Gasteiger partial charge in [0.05, 0.1) is 17.6 Å². The van der Waals surface area contributed by atoms with E-state index in [0.717, 1.165) is 19.4 Å². The molecule has 0 aromatic carbocycles. The van der Waals surface area contributed by atoms with Gasteiger partial charge < -0.3 is 0 Å². The normalized spacial score (nSPS) is 27.3. The van der Waals surface area contributed by atoms with E-state index in [1.165, 1.54) is 0 Å². The second-order valence-electron chi connectivity index (χ2n) is 5.32. The Kier molecular flexibility index (Phi) is 3.95. The van der Waals surface area contributed by atoms with Gasteiger partial charge in [0.1, 0.15) is 5.54 Å². The number of nitriles is 1. The fourth-order valence-electron chi connectivity index (χ4n) is 2.65. The van der Waals surface area contributed by atoms with Crippen LogP contribution in [0.25, 0.3) is 0 Å². The summed E-state index contributed by atoms with van der Waals surface area (Å²) in [6.45, 7) is 4.55. The van der Waals surface area contributed by atoms with E-state index in [2.05, 4.69) is 16.3 Å². The first kappa shape index (κ1) is 13.8. The molecule has 1 aliphatic carbocycles. The Hall–Kier alpha value is -0.640. The average molecular weight is 271 g/mol. The van der Waals surface area contributed by atoms with Crippen LogP contribution in [-0.2, 0) is 9.84 Å². The minimum absolute atomic E-state index is 0.227. The number of rotatable bonds is 5. The van der Waals surface area contributed by atoms with E-state index in [1.54, 1.807) is 0 Å². The van der Waals surface area contributed by atoms with E-state index in [-0.39, 0.29) is 11.5 Å². The first-order valence-electron chi connectivity index (χ1n) is 6.60. The van der Waals surface area contributed by atoms with Gasteiger partial charge in [0, 0.05) is 19.6 Å². The largest absolute Gasteiger partial charge is 0.298 e. The fraction of sp³-hybridized carbons (Fsp3) is 0.917. The van der Waals surface area contributed by atoms with E-state index in [1.807, 2.05) is 6.92 Å². The van der Waals surface area contributed by atoms with Crippen molar-refractivity contribution in [2.45, 2.75) is 25.3 Å². The van der Waals surface area contributed by atoms with Crippen molar-refractivity contribution in [1.29, 1.82) is 5.26 Å². The van der Waals surface area contributed by atoms with Crippen molar-refractivity contribution in [3.63, 3.8) is 0 Å². The minimum Gasteiger partial charge on any atom is -0.298 e. The SMILES string of the molecule is CCNC(C#N)(CN1CCS(=O)(=O)CC1)C1CC1. The molecule has 0 spiro atoms.